The Labute approximate surface area is 97.2 Å². The predicted molar refractivity (Wildman–Crippen MR) is 57.2 cm³/mol. The average Bonchev–Trinajstić information content (AvgIpc) is 2.59. The molecule has 1 aliphatic carbocycles. The fraction of sp³-hybridized carbons (Fsp3) is 0.500. The Hall–Kier alpha value is -1.07. The Morgan fingerprint density at radius 3 is 2.59 bits per heavy atom. The zero-order valence-corrected chi connectivity index (χ0v) is 9.17. The molecule has 1 fully saturated rings. The number of halogens is 3. The second-order valence-corrected chi connectivity index (χ2v) is 4.61. The number of nitrogens with two attached hydrogens (primary N) is 1. The molecule has 2 nitrogen and oxygen atoms in total. The van der Waals surface area contributed by atoms with Gasteiger partial charge in [0.25, 0.3) is 0 Å². The summed E-state index contributed by atoms with van der Waals surface area (Å²) in [6, 6.07) is 4.71. The summed E-state index contributed by atoms with van der Waals surface area (Å²) in [5.41, 5.74) is 4.05. The quantitative estimate of drug-likeness (QED) is 0.798. The summed E-state index contributed by atoms with van der Waals surface area (Å²) < 4.78 is 37.6. The minimum absolute atomic E-state index is 0.144. The molecule has 0 heterocycles. The van der Waals surface area contributed by atoms with E-state index in [9.17, 15) is 18.3 Å². The van der Waals surface area contributed by atoms with Gasteiger partial charge in [0, 0.05) is 6.04 Å². The summed E-state index contributed by atoms with van der Waals surface area (Å²) in [7, 11) is 0. The van der Waals surface area contributed by atoms with Gasteiger partial charge in [0.05, 0.1) is 11.2 Å². The van der Waals surface area contributed by atoms with E-state index in [4.69, 9.17) is 5.73 Å². The highest BCUT2D eigenvalue weighted by atomic mass is 19.4. The van der Waals surface area contributed by atoms with Crippen molar-refractivity contribution in [2.24, 2.45) is 5.73 Å². The van der Waals surface area contributed by atoms with Crippen LogP contribution in [-0.2, 0) is 11.8 Å². The van der Waals surface area contributed by atoms with Crippen LogP contribution in [0.25, 0.3) is 0 Å². The van der Waals surface area contributed by atoms with E-state index >= 15 is 0 Å². The van der Waals surface area contributed by atoms with Crippen LogP contribution in [0.3, 0.4) is 0 Å². The van der Waals surface area contributed by atoms with Gasteiger partial charge in [-0.3, -0.25) is 0 Å². The molecule has 0 aliphatic heterocycles. The summed E-state index contributed by atoms with van der Waals surface area (Å²) in [6.45, 7) is 0. The molecule has 17 heavy (non-hydrogen) atoms. The molecule has 1 aliphatic rings. The van der Waals surface area contributed by atoms with Gasteiger partial charge in [0.15, 0.2) is 0 Å². The first kappa shape index (κ1) is 12.4. The van der Waals surface area contributed by atoms with Gasteiger partial charge in [-0.1, -0.05) is 12.1 Å². The Morgan fingerprint density at radius 1 is 1.35 bits per heavy atom. The summed E-state index contributed by atoms with van der Waals surface area (Å²) in [6.07, 6.45) is -3.02. The Morgan fingerprint density at radius 2 is 2.06 bits per heavy atom. The number of benzene rings is 1. The number of hydrogen-bond donors (Lipinski definition) is 2. The van der Waals surface area contributed by atoms with Crippen molar-refractivity contribution in [2.45, 2.75) is 37.1 Å². The zero-order chi connectivity index (χ0) is 12.7. The lowest BCUT2D eigenvalue weighted by atomic mass is 9.91. The van der Waals surface area contributed by atoms with Crippen molar-refractivity contribution in [1.29, 1.82) is 0 Å². The molecule has 1 aromatic carbocycles. The first-order chi connectivity index (χ1) is 7.81. The van der Waals surface area contributed by atoms with Crippen LogP contribution in [0.4, 0.5) is 13.2 Å². The van der Waals surface area contributed by atoms with Crippen molar-refractivity contribution in [1.82, 2.24) is 0 Å². The molecule has 94 valence electrons. The summed E-state index contributed by atoms with van der Waals surface area (Å²) in [4.78, 5) is 0. The molecule has 1 saturated carbocycles. The minimum Gasteiger partial charge on any atom is -0.385 e. The van der Waals surface area contributed by atoms with E-state index in [0.717, 1.165) is 12.1 Å². The van der Waals surface area contributed by atoms with Crippen LogP contribution in [0.15, 0.2) is 24.3 Å². The monoisotopic (exact) mass is 245 g/mol. The lowest BCUT2D eigenvalue weighted by Gasteiger charge is -2.24. The first-order valence-corrected chi connectivity index (χ1v) is 5.47. The van der Waals surface area contributed by atoms with Gasteiger partial charge in [0.1, 0.15) is 0 Å². The van der Waals surface area contributed by atoms with E-state index in [1.54, 1.807) is 0 Å². The first-order valence-electron chi connectivity index (χ1n) is 5.47. The van der Waals surface area contributed by atoms with Crippen molar-refractivity contribution in [3.8, 4) is 0 Å². The van der Waals surface area contributed by atoms with Gasteiger partial charge in [-0.2, -0.15) is 13.2 Å². The third-order valence-corrected chi connectivity index (χ3v) is 3.26. The third kappa shape index (κ3) is 2.45. The molecule has 0 saturated heterocycles. The van der Waals surface area contributed by atoms with Gasteiger partial charge < -0.3 is 10.8 Å². The van der Waals surface area contributed by atoms with Gasteiger partial charge in [0.2, 0.25) is 0 Å². The largest absolute Gasteiger partial charge is 0.416 e. The van der Waals surface area contributed by atoms with Crippen molar-refractivity contribution in [3.05, 3.63) is 35.4 Å². The minimum atomic E-state index is -4.38. The van der Waals surface area contributed by atoms with E-state index in [2.05, 4.69) is 0 Å². The molecular formula is C12H14F3NO. The van der Waals surface area contributed by atoms with Crippen LogP contribution in [-0.4, -0.2) is 11.1 Å². The number of aliphatic hydroxyl groups is 1. The molecule has 0 amide bonds. The van der Waals surface area contributed by atoms with Gasteiger partial charge >= 0.3 is 6.18 Å². The molecule has 0 radical (unpaired) electrons. The molecule has 5 heteroatoms. The van der Waals surface area contributed by atoms with E-state index < -0.39 is 17.3 Å². The summed E-state index contributed by atoms with van der Waals surface area (Å²) in [5.74, 6) is 0. The van der Waals surface area contributed by atoms with E-state index in [1.807, 2.05) is 0 Å². The maximum Gasteiger partial charge on any atom is 0.416 e. The van der Waals surface area contributed by atoms with Crippen molar-refractivity contribution in [2.75, 3.05) is 0 Å². The summed E-state index contributed by atoms with van der Waals surface area (Å²) in [5, 5.41) is 10.3. The SMILES string of the molecule is NC1CCC(O)(c2cccc(C(F)(F)F)c2)C1. The lowest BCUT2D eigenvalue weighted by Crippen LogP contribution is -2.25. The normalized spacial score (nSPS) is 29.6. The highest BCUT2D eigenvalue weighted by Crippen LogP contribution is 2.40. The van der Waals surface area contributed by atoms with Crippen LogP contribution < -0.4 is 5.73 Å². The molecule has 2 unspecified atom stereocenters. The van der Waals surface area contributed by atoms with Crippen LogP contribution >= 0.6 is 0 Å². The van der Waals surface area contributed by atoms with Crippen LogP contribution in [0.5, 0.6) is 0 Å². The van der Waals surface area contributed by atoms with Gasteiger partial charge in [-0.25, -0.2) is 0 Å². The highest BCUT2D eigenvalue weighted by Gasteiger charge is 2.39. The molecule has 2 atom stereocenters. The molecule has 0 bridgehead atoms. The Balaban J connectivity index is 2.34. The number of rotatable bonds is 1. The summed E-state index contributed by atoms with van der Waals surface area (Å²) >= 11 is 0. The maximum atomic E-state index is 12.5. The Kier molecular flexibility index (Phi) is 2.91. The van der Waals surface area contributed by atoms with Crippen molar-refractivity contribution < 1.29 is 18.3 Å². The molecule has 0 aromatic heterocycles. The second-order valence-electron chi connectivity index (χ2n) is 4.61. The van der Waals surface area contributed by atoms with Crippen LogP contribution in [0.1, 0.15) is 30.4 Å². The highest BCUT2D eigenvalue weighted by molar-refractivity contribution is 5.31. The smallest absolute Gasteiger partial charge is 0.385 e. The van der Waals surface area contributed by atoms with Gasteiger partial charge in [-0.05, 0) is 37.0 Å². The van der Waals surface area contributed by atoms with E-state index in [1.165, 1.54) is 12.1 Å². The van der Waals surface area contributed by atoms with Crippen molar-refractivity contribution in [3.63, 3.8) is 0 Å². The third-order valence-electron chi connectivity index (χ3n) is 3.26. The lowest BCUT2D eigenvalue weighted by molar-refractivity contribution is -0.137. The average molecular weight is 245 g/mol. The van der Waals surface area contributed by atoms with E-state index in [-0.39, 0.29) is 6.04 Å². The Bertz CT molecular complexity index is 418. The number of alkyl halides is 3. The number of hydrogen-bond acceptors (Lipinski definition) is 2. The zero-order valence-electron chi connectivity index (χ0n) is 9.17. The predicted octanol–water partition coefficient (Wildman–Crippen LogP) is 2.40. The molecule has 1 aromatic rings. The molecule has 3 N–H and O–H groups in total. The second kappa shape index (κ2) is 3.99. The fourth-order valence-electron chi connectivity index (χ4n) is 2.31. The molecule has 0 spiro atoms. The standard InChI is InChI=1S/C12H14F3NO/c13-12(14,15)9-3-1-2-8(6-9)11(17)5-4-10(16)7-11/h1-3,6,10,17H,4-5,7,16H2. The van der Waals surface area contributed by atoms with E-state index in [0.29, 0.717) is 24.8 Å². The molecule has 2 rings (SSSR count). The topological polar surface area (TPSA) is 46.2 Å². The van der Waals surface area contributed by atoms with Crippen LogP contribution in [0.2, 0.25) is 0 Å². The van der Waals surface area contributed by atoms with Crippen molar-refractivity contribution >= 4 is 0 Å². The van der Waals surface area contributed by atoms with Gasteiger partial charge in [-0.15, -0.1) is 0 Å². The fourth-order valence-corrected chi connectivity index (χ4v) is 2.31. The maximum absolute atomic E-state index is 12.5. The van der Waals surface area contributed by atoms with Crippen LogP contribution in [0, 0.1) is 0 Å². The molecular weight excluding hydrogens is 231 g/mol.